The van der Waals surface area contributed by atoms with Crippen molar-refractivity contribution in [2.24, 2.45) is 12.8 Å². The van der Waals surface area contributed by atoms with Gasteiger partial charge < -0.3 is 10.3 Å². The summed E-state index contributed by atoms with van der Waals surface area (Å²) in [5.74, 6) is 0. The second kappa shape index (κ2) is 6.26. The molecular weight excluding hydrogens is 334 g/mol. The first-order chi connectivity index (χ1) is 11.8. The number of rotatable bonds is 2. The van der Waals surface area contributed by atoms with Gasteiger partial charge in [-0.3, -0.25) is 4.79 Å². The van der Waals surface area contributed by atoms with E-state index < -0.39 is 0 Å². The molecule has 132 valence electrons. The molecule has 5 nitrogen and oxygen atoms in total. The first-order valence-electron chi connectivity index (χ1n) is 8.50. The summed E-state index contributed by atoms with van der Waals surface area (Å²) < 4.78 is 2.96. The van der Waals surface area contributed by atoms with Crippen LogP contribution in [0.15, 0.2) is 15.7 Å². The van der Waals surface area contributed by atoms with E-state index in [1.54, 1.807) is 11.6 Å². The lowest BCUT2D eigenvalue weighted by molar-refractivity contribution is 0.585. The van der Waals surface area contributed by atoms with Crippen LogP contribution in [0.2, 0.25) is 0 Å². The number of benzene rings is 1. The topological polar surface area (TPSA) is 70.0 Å². The summed E-state index contributed by atoms with van der Waals surface area (Å²) >= 11 is 5.12. The fourth-order valence-corrected chi connectivity index (χ4v) is 4.05. The summed E-state index contributed by atoms with van der Waals surface area (Å²) in [6.45, 7) is 5.71. The summed E-state index contributed by atoms with van der Waals surface area (Å²) in [4.78, 5) is 26.4. The van der Waals surface area contributed by atoms with Crippen molar-refractivity contribution in [3.05, 3.63) is 60.4 Å². The molecular formula is C19H23N3O2S. The lowest BCUT2D eigenvalue weighted by atomic mass is 9.95. The predicted octanol–water partition coefficient (Wildman–Crippen LogP) is 1.97. The lowest BCUT2D eigenvalue weighted by Crippen LogP contribution is -2.43. The van der Waals surface area contributed by atoms with Crippen LogP contribution in [0.1, 0.15) is 46.4 Å². The van der Waals surface area contributed by atoms with Gasteiger partial charge in [0.15, 0.2) is 0 Å². The highest BCUT2D eigenvalue weighted by Gasteiger charge is 2.23. The van der Waals surface area contributed by atoms with Gasteiger partial charge in [0.05, 0.1) is 5.69 Å². The first-order valence-corrected chi connectivity index (χ1v) is 8.91. The monoisotopic (exact) mass is 357 g/mol. The van der Waals surface area contributed by atoms with E-state index in [9.17, 15) is 9.59 Å². The first kappa shape index (κ1) is 17.6. The molecule has 1 heterocycles. The average molecular weight is 357 g/mol. The lowest BCUT2D eigenvalue weighted by Gasteiger charge is -2.23. The van der Waals surface area contributed by atoms with E-state index in [-0.39, 0.29) is 11.2 Å². The Balaban J connectivity index is 2.41. The maximum absolute atomic E-state index is 13.1. The van der Waals surface area contributed by atoms with Gasteiger partial charge in [-0.1, -0.05) is 12.2 Å². The van der Waals surface area contributed by atoms with Gasteiger partial charge in [0.2, 0.25) is 0 Å². The maximum atomic E-state index is 13.1. The van der Waals surface area contributed by atoms with Gasteiger partial charge in [-0.25, -0.2) is 9.36 Å². The van der Waals surface area contributed by atoms with Gasteiger partial charge in [-0.2, -0.15) is 0 Å². The average Bonchev–Trinajstić information content (AvgIpc) is 2.58. The minimum Gasteiger partial charge on any atom is -0.389 e. The van der Waals surface area contributed by atoms with Gasteiger partial charge >= 0.3 is 5.69 Å². The van der Waals surface area contributed by atoms with Crippen LogP contribution in [0.5, 0.6) is 0 Å². The summed E-state index contributed by atoms with van der Waals surface area (Å²) in [6, 6.07) is 1.87. The molecule has 2 aromatic rings. The van der Waals surface area contributed by atoms with Crippen molar-refractivity contribution in [1.29, 1.82) is 0 Å². The van der Waals surface area contributed by atoms with Gasteiger partial charge in [0.25, 0.3) is 5.56 Å². The number of aromatic nitrogens is 2. The van der Waals surface area contributed by atoms with Crippen LogP contribution in [0, 0.1) is 20.8 Å². The fraction of sp³-hybridized carbons (Fsp3) is 0.421. The SMILES string of the molecule is Cc1cc(C(N)=S)c(C)c(C)c1-n1c(=O)c2c(n(C)c1=O)CCCC2. The Bertz CT molecular complexity index is 1020. The number of nitrogens with zero attached hydrogens (tertiary/aromatic N) is 2. The van der Waals surface area contributed by atoms with Crippen LogP contribution in [0.4, 0.5) is 0 Å². The van der Waals surface area contributed by atoms with Crippen LogP contribution in [0.25, 0.3) is 5.69 Å². The summed E-state index contributed by atoms with van der Waals surface area (Å²) in [5, 5.41) is 0. The maximum Gasteiger partial charge on any atom is 0.335 e. The molecule has 0 saturated carbocycles. The Kier molecular flexibility index (Phi) is 4.41. The Morgan fingerprint density at radius 1 is 1.12 bits per heavy atom. The Morgan fingerprint density at radius 2 is 1.76 bits per heavy atom. The molecule has 1 aromatic carbocycles. The standard InChI is InChI=1S/C19H23N3O2S/c1-10-9-14(17(20)25)11(2)12(3)16(10)22-18(23)13-7-5-6-8-15(13)21(4)19(22)24/h9H,5-8H2,1-4H3,(H2,20,25). The van der Waals surface area contributed by atoms with E-state index in [0.29, 0.717) is 10.7 Å². The molecule has 0 fully saturated rings. The van der Waals surface area contributed by atoms with Gasteiger partial charge in [-0.15, -0.1) is 0 Å². The van der Waals surface area contributed by atoms with E-state index in [4.69, 9.17) is 18.0 Å². The molecule has 6 heteroatoms. The second-order valence-electron chi connectivity index (χ2n) is 6.82. The molecule has 0 unspecified atom stereocenters. The third-order valence-electron chi connectivity index (χ3n) is 5.33. The molecule has 0 aliphatic heterocycles. The number of hydrogen-bond donors (Lipinski definition) is 1. The number of hydrogen-bond acceptors (Lipinski definition) is 3. The fourth-order valence-electron chi connectivity index (χ4n) is 3.84. The third kappa shape index (κ3) is 2.65. The molecule has 0 radical (unpaired) electrons. The van der Waals surface area contributed by atoms with Crippen LogP contribution in [-0.4, -0.2) is 14.1 Å². The number of fused-ring (bicyclic) bond motifs is 1. The molecule has 1 aromatic heterocycles. The summed E-state index contributed by atoms with van der Waals surface area (Å²) in [5.41, 5.74) is 11.0. The van der Waals surface area contributed by atoms with Crippen LogP contribution in [-0.2, 0) is 19.9 Å². The zero-order valence-electron chi connectivity index (χ0n) is 15.1. The van der Waals surface area contributed by atoms with Crippen LogP contribution < -0.4 is 17.0 Å². The largest absolute Gasteiger partial charge is 0.389 e. The van der Waals surface area contributed by atoms with Crippen LogP contribution >= 0.6 is 12.2 Å². The van der Waals surface area contributed by atoms with Gasteiger partial charge in [0.1, 0.15) is 4.99 Å². The molecule has 1 aliphatic rings. The number of thiocarbonyl (C=S) groups is 1. The van der Waals surface area contributed by atoms with Crippen molar-refractivity contribution in [3.8, 4) is 5.69 Å². The Morgan fingerprint density at radius 3 is 2.40 bits per heavy atom. The second-order valence-corrected chi connectivity index (χ2v) is 7.26. The van der Waals surface area contributed by atoms with Crippen LogP contribution in [0.3, 0.4) is 0 Å². The Labute approximate surface area is 152 Å². The minimum atomic E-state index is -0.292. The molecule has 1 aliphatic carbocycles. The van der Waals surface area contributed by atoms with Crippen molar-refractivity contribution in [2.45, 2.75) is 46.5 Å². The van der Waals surface area contributed by atoms with E-state index in [0.717, 1.165) is 59.2 Å². The molecule has 0 bridgehead atoms. The number of nitrogens with two attached hydrogens (primary N) is 1. The molecule has 25 heavy (non-hydrogen) atoms. The summed E-state index contributed by atoms with van der Waals surface area (Å²) in [6.07, 6.45) is 3.51. The van der Waals surface area contributed by atoms with E-state index in [1.165, 1.54) is 4.57 Å². The van der Waals surface area contributed by atoms with Gasteiger partial charge in [0, 0.05) is 23.9 Å². The van der Waals surface area contributed by atoms with E-state index in [2.05, 4.69) is 0 Å². The molecule has 0 atom stereocenters. The molecule has 2 N–H and O–H groups in total. The van der Waals surface area contributed by atoms with E-state index in [1.807, 2.05) is 26.8 Å². The number of aryl methyl sites for hydroxylation is 1. The zero-order valence-corrected chi connectivity index (χ0v) is 15.9. The van der Waals surface area contributed by atoms with E-state index >= 15 is 0 Å². The zero-order chi connectivity index (χ0) is 18.5. The molecule has 0 amide bonds. The molecule has 0 saturated heterocycles. The van der Waals surface area contributed by atoms with Crippen molar-refractivity contribution in [1.82, 2.24) is 9.13 Å². The normalized spacial score (nSPS) is 13.6. The van der Waals surface area contributed by atoms with Gasteiger partial charge in [-0.05, 0) is 69.2 Å². The van der Waals surface area contributed by atoms with Crippen molar-refractivity contribution < 1.29 is 0 Å². The minimum absolute atomic E-state index is 0.188. The third-order valence-corrected chi connectivity index (χ3v) is 5.55. The highest BCUT2D eigenvalue weighted by atomic mass is 32.1. The molecule has 3 rings (SSSR count). The van der Waals surface area contributed by atoms with Crippen molar-refractivity contribution in [3.63, 3.8) is 0 Å². The summed E-state index contributed by atoms with van der Waals surface area (Å²) in [7, 11) is 1.75. The quantitative estimate of drug-likeness (QED) is 0.835. The van der Waals surface area contributed by atoms with Crippen molar-refractivity contribution >= 4 is 17.2 Å². The van der Waals surface area contributed by atoms with Crippen molar-refractivity contribution in [2.75, 3.05) is 0 Å². The smallest absolute Gasteiger partial charge is 0.335 e. The highest BCUT2D eigenvalue weighted by molar-refractivity contribution is 7.80. The highest BCUT2D eigenvalue weighted by Crippen LogP contribution is 2.25. The molecule has 0 spiro atoms. The predicted molar refractivity (Wildman–Crippen MR) is 104 cm³/mol. The Hall–Kier alpha value is -2.21.